The van der Waals surface area contributed by atoms with E-state index in [1.807, 2.05) is 6.07 Å². The van der Waals surface area contributed by atoms with E-state index in [2.05, 4.69) is 28.2 Å². The molecule has 76 valence electrons. The molecule has 0 radical (unpaired) electrons. The van der Waals surface area contributed by atoms with Gasteiger partial charge in [0.25, 0.3) is 0 Å². The molecule has 0 spiro atoms. The van der Waals surface area contributed by atoms with Crippen LogP contribution in [0.3, 0.4) is 0 Å². The maximum atomic E-state index is 4.29. The van der Waals surface area contributed by atoms with Crippen LogP contribution in [0, 0.1) is 11.8 Å². The monoisotopic (exact) mass is 198 g/mol. The highest BCUT2D eigenvalue weighted by Gasteiger charge is 2.30. The highest BCUT2D eigenvalue weighted by atomic mass is 14.8. The van der Waals surface area contributed by atoms with E-state index in [1.54, 1.807) is 12.5 Å². The van der Waals surface area contributed by atoms with Gasteiger partial charge >= 0.3 is 0 Å². The molecular formula is C13H14N2. The predicted molar refractivity (Wildman–Crippen MR) is 60.0 cm³/mol. The molecular weight excluding hydrogens is 184 g/mol. The van der Waals surface area contributed by atoms with Crippen LogP contribution in [0.15, 0.2) is 36.8 Å². The molecule has 3 rings (SSSR count). The Morgan fingerprint density at radius 3 is 2.93 bits per heavy atom. The normalized spacial score (nSPS) is 25.1. The molecule has 15 heavy (non-hydrogen) atoms. The van der Waals surface area contributed by atoms with Crippen molar-refractivity contribution in [2.24, 2.45) is 11.8 Å². The fourth-order valence-electron chi connectivity index (χ4n) is 2.19. The average molecular weight is 198 g/mol. The highest BCUT2D eigenvalue weighted by Crippen LogP contribution is 2.42. The largest absolute Gasteiger partial charge is 0.245 e. The van der Waals surface area contributed by atoms with E-state index in [0.717, 1.165) is 17.5 Å². The summed E-state index contributed by atoms with van der Waals surface area (Å²) in [6.45, 7) is 0. The number of aromatic nitrogens is 2. The molecule has 0 amide bonds. The summed E-state index contributed by atoms with van der Waals surface area (Å²) in [5, 5.41) is 0. The lowest BCUT2D eigenvalue weighted by atomic mass is 9.91. The molecule has 0 aliphatic heterocycles. The standard InChI is InChI=1S/C13H14N2/c1-2-11(10-4-5-10)8-12(3-1)13-6-7-14-9-15-13/h1,3,6-11H,2,4-5H2. The Bertz CT molecular complexity index is 402. The van der Waals surface area contributed by atoms with E-state index in [4.69, 9.17) is 0 Å². The van der Waals surface area contributed by atoms with Gasteiger partial charge in [-0.2, -0.15) is 0 Å². The molecule has 1 aromatic rings. The third kappa shape index (κ3) is 1.84. The first kappa shape index (κ1) is 8.84. The number of nitrogens with zero attached hydrogens (tertiary/aromatic N) is 2. The number of hydrogen-bond donors (Lipinski definition) is 0. The molecule has 0 aromatic carbocycles. The molecule has 0 saturated heterocycles. The van der Waals surface area contributed by atoms with Crippen molar-refractivity contribution in [1.82, 2.24) is 9.97 Å². The zero-order valence-corrected chi connectivity index (χ0v) is 8.63. The average Bonchev–Trinajstić information content (AvgIpc) is 3.14. The van der Waals surface area contributed by atoms with Crippen molar-refractivity contribution >= 4 is 5.57 Å². The van der Waals surface area contributed by atoms with Crippen molar-refractivity contribution < 1.29 is 0 Å². The zero-order valence-electron chi connectivity index (χ0n) is 8.63. The summed E-state index contributed by atoms with van der Waals surface area (Å²) in [6.07, 6.45) is 14.3. The number of rotatable bonds is 2. The summed E-state index contributed by atoms with van der Waals surface area (Å²) < 4.78 is 0. The molecule has 1 atom stereocenters. The highest BCUT2D eigenvalue weighted by molar-refractivity contribution is 5.72. The van der Waals surface area contributed by atoms with E-state index in [9.17, 15) is 0 Å². The summed E-state index contributed by atoms with van der Waals surface area (Å²) >= 11 is 0. The van der Waals surface area contributed by atoms with E-state index in [1.165, 1.54) is 24.8 Å². The molecule has 1 aromatic heterocycles. The quantitative estimate of drug-likeness (QED) is 0.730. The van der Waals surface area contributed by atoms with Crippen molar-refractivity contribution in [3.63, 3.8) is 0 Å². The first-order chi connectivity index (χ1) is 7.43. The SMILES string of the molecule is C1=CC(c2ccncn2)=CC(C2CC2)C1. The Hall–Kier alpha value is -1.44. The van der Waals surface area contributed by atoms with Gasteiger partial charge in [-0.25, -0.2) is 9.97 Å². The van der Waals surface area contributed by atoms with Gasteiger partial charge in [-0.3, -0.25) is 0 Å². The van der Waals surface area contributed by atoms with Crippen molar-refractivity contribution in [2.45, 2.75) is 19.3 Å². The Balaban J connectivity index is 1.88. The number of hydrogen-bond acceptors (Lipinski definition) is 2. The molecule has 2 nitrogen and oxygen atoms in total. The third-order valence-corrected chi connectivity index (χ3v) is 3.20. The molecule has 1 fully saturated rings. The van der Waals surface area contributed by atoms with E-state index >= 15 is 0 Å². The van der Waals surface area contributed by atoms with Gasteiger partial charge in [-0.1, -0.05) is 18.2 Å². The smallest absolute Gasteiger partial charge is 0.116 e. The van der Waals surface area contributed by atoms with Crippen LogP contribution in [0.5, 0.6) is 0 Å². The van der Waals surface area contributed by atoms with Crippen LogP contribution < -0.4 is 0 Å². The van der Waals surface area contributed by atoms with Gasteiger partial charge < -0.3 is 0 Å². The zero-order chi connectivity index (χ0) is 10.1. The van der Waals surface area contributed by atoms with Crippen LogP contribution in [-0.4, -0.2) is 9.97 Å². The maximum absolute atomic E-state index is 4.29. The summed E-state index contributed by atoms with van der Waals surface area (Å²) in [6, 6.07) is 1.98. The summed E-state index contributed by atoms with van der Waals surface area (Å²) in [5.74, 6) is 1.69. The summed E-state index contributed by atoms with van der Waals surface area (Å²) in [7, 11) is 0. The molecule has 1 saturated carbocycles. The van der Waals surface area contributed by atoms with Gasteiger partial charge in [0, 0.05) is 6.20 Å². The predicted octanol–water partition coefficient (Wildman–Crippen LogP) is 2.85. The minimum atomic E-state index is 0.750. The van der Waals surface area contributed by atoms with Gasteiger partial charge in [0.1, 0.15) is 6.33 Å². The van der Waals surface area contributed by atoms with Crippen LogP contribution in [0.2, 0.25) is 0 Å². The lowest BCUT2D eigenvalue weighted by molar-refractivity contribution is 0.574. The number of allylic oxidation sites excluding steroid dienone is 4. The molecule has 2 heteroatoms. The van der Waals surface area contributed by atoms with Gasteiger partial charge in [-0.15, -0.1) is 0 Å². The second-order valence-electron chi connectivity index (χ2n) is 4.36. The van der Waals surface area contributed by atoms with Gasteiger partial charge in [0.2, 0.25) is 0 Å². The van der Waals surface area contributed by atoms with Crippen LogP contribution in [0.4, 0.5) is 0 Å². The minimum Gasteiger partial charge on any atom is -0.245 e. The molecule has 1 heterocycles. The van der Waals surface area contributed by atoms with Crippen LogP contribution in [0.25, 0.3) is 5.57 Å². The van der Waals surface area contributed by atoms with Gasteiger partial charge in [0.05, 0.1) is 5.69 Å². The fourth-order valence-corrected chi connectivity index (χ4v) is 2.19. The van der Waals surface area contributed by atoms with Crippen molar-refractivity contribution in [1.29, 1.82) is 0 Å². The summed E-state index contributed by atoms with van der Waals surface area (Å²) in [5.41, 5.74) is 2.31. The molecule has 2 aliphatic carbocycles. The molecule has 2 aliphatic rings. The maximum Gasteiger partial charge on any atom is 0.116 e. The van der Waals surface area contributed by atoms with Crippen LogP contribution >= 0.6 is 0 Å². The second-order valence-corrected chi connectivity index (χ2v) is 4.36. The third-order valence-electron chi connectivity index (χ3n) is 3.20. The minimum absolute atomic E-state index is 0.750. The Morgan fingerprint density at radius 2 is 2.20 bits per heavy atom. The lowest BCUT2D eigenvalue weighted by Gasteiger charge is -2.15. The molecule has 0 bridgehead atoms. The van der Waals surface area contributed by atoms with Crippen LogP contribution in [0.1, 0.15) is 25.0 Å². The Labute approximate surface area is 89.8 Å². The first-order valence-electron chi connectivity index (χ1n) is 5.58. The van der Waals surface area contributed by atoms with Gasteiger partial charge in [-0.05, 0) is 42.7 Å². The van der Waals surface area contributed by atoms with Crippen molar-refractivity contribution in [2.75, 3.05) is 0 Å². The lowest BCUT2D eigenvalue weighted by Crippen LogP contribution is -2.03. The Morgan fingerprint density at radius 1 is 1.27 bits per heavy atom. The molecule has 1 unspecified atom stereocenters. The van der Waals surface area contributed by atoms with Crippen molar-refractivity contribution in [3.05, 3.63) is 42.5 Å². The first-order valence-corrected chi connectivity index (χ1v) is 5.58. The van der Waals surface area contributed by atoms with E-state index in [0.29, 0.717) is 0 Å². The van der Waals surface area contributed by atoms with Crippen molar-refractivity contribution in [3.8, 4) is 0 Å². The second kappa shape index (κ2) is 3.61. The van der Waals surface area contributed by atoms with Gasteiger partial charge in [0.15, 0.2) is 0 Å². The summed E-state index contributed by atoms with van der Waals surface area (Å²) in [4.78, 5) is 8.23. The Kier molecular flexibility index (Phi) is 2.13. The van der Waals surface area contributed by atoms with E-state index in [-0.39, 0.29) is 0 Å². The molecule has 0 N–H and O–H groups in total. The van der Waals surface area contributed by atoms with E-state index < -0.39 is 0 Å². The van der Waals surface area contributed by atoms with Crippen LogP contribution in [-0.2, 0) is 0 Å². The topological polar surface area (TPSA) is 25.8 Å². The fraction of sp³-hybridized carbons (Fsp3) is 0.385.